The number of nitrogens with one attached hydrogen (secondary N) is 3. The SMILES string of the molecule is CC.CC.CN1CCN(Cc2cccc3c2CN(C(=O)OC(C)(C)C)C3)CC1.Cc1ccc(CCCC(=O)NCC(=O)NC(C=O)CCCCN[C-]=O)cc1.[Fm]. The Balaban J connectivity index is 0.000000979. The number of fused-ring (bicyclic) bond motifs is 1. The Bertz CT molecular complexity index is 1430. The topological polar surface area (TPSA) is 140 Å². The first kappa shape index (κ1) is 50.7. The summed E-state index contributed by atoms with van der Waals surface area (Å²) in [6.07, 6.45) is 5.77. The van der Waals surface area contributed by atoms with Gasteiger partial charge in [0.1, 0.15) is 11.9 Å². The van der Waals surface area contributed by atoms with Crippen LogP contribution >= 0.6 is 0 Å². The summed E-state index contributed by atoms with van der Waals surface area (Å²) in [5.74, 6) is -0.575. The van der Waals surface area contributed by atoms with Gasteiger partial charge in [0.05, 0.1) is 19.1 Å². The maximum Gasteiger partial charge on any atom is 0.410 e. The van der Waals surface area contributed by atoms with Gasteiger partial charge < -0.3 is 35.2 Å². The molecular formula is C43H69FmN6O6-. The minimum atomic E-state index is -0.587. The molecule has 56 heavy (non-hydrogen) atoms. The molecule has 1 saturated heterocycles. The van der Waals surface area contributed by atoms with Gasteiger partial charge >= 0.3 is 6.09 Å². The number of aldehydes is 1. The Kier molecular flexibility index (Phi) is 25.5. The van der Waals surface area contributed by atoms with Crippen LogP contribution in [0.25, 0.3) is 0 Å². The van der Waals surface area contributed by atoms with E-state index in [1.54, 1.807) is 6.41 Å². The van der Waals surface area contributed by atoms with E-state index in [-0.39, 0.29) is 18.5 Å². The number of carbonyl (C=O) groups is 4. The van der Waals surface area contributed by atoms with E-state index in [1.165, 1.54) is 27.8 Å². The van der Waals surface area contributed by atoms with E-state index < -0.39 is 17.6 Å². The summed E-state index contributed by atoms with van der Waals surface area (Å²) in [6, 6.07) is 14.0. The summed E-state index contributed by atoms with van der Waals surface area (Å²) in [5, 5.41) is 7.57. The third-order valence-corrected chi connectivity index (χ3v) is 8.81. The van der Waals surface area contributed by atoms with Gasteiger partial charge in [-0.2, -0.15) is 6.41 Å². The van der Waals surface area contributed by atoms with Gasteiger partial charge in [0.15, 0.2) is 0 Å². The van der Waals surface area contributed by atoms with Gasteiger partial charge in [-0.1, -0.05) is 75.7 Å². The number of unbranched alkanes of at least 4 members (excludes halogenated alkanes) is 1. The molecule has 0 aromatic heterocycles. The monoisotopic (exact) mass is 1020 g/mol. The molecule has 4 rings (SSSR count). The second-order valence-electron chi connectivity index (χ2n) is 14.4. The predicted octanol–water partition coefficient (Wildman–Crippen LogP) is 5.68. The van der Waals surface area contributed by atoms with Crippen LogP contribution in [0, 0.1) is 6.92 Å². The van der Waals surface area contributed by atoms with Crippen LogP contribution in [0.15, 0.2) is 42.5 Å². The molecule has 13 heteroatoms. The number of amides is 4. The predicted molar refractivity (Wildman–Crippen MR) is 220 cm³/mol. The maximum atomic E-state index is 12.4. The summed E-state index contributed by atoms with van der Waals surface area (Å²) < 4.78 is 5.53. The van der Waals surface area contributed by atoms with Crippen LogP contribution in [-0.4, -0.2) is 103 Å². The molecule has 0 aliphatic carbocycles. The minimum absolute atomic E-state index is 0. The van der Waals surface area contributed by atoms with E-state index in [4.69, 9.17) is 4.74 Å². The summed E-state index contributed by atoms with van der Waals surface area (Å²) >= 11 is 0. The van der Waals surface area contributed by atoms with Crippen LogP contribution in [0.2, 0.25) is 0 Å². The molecule has 2 aliphatic heterocycles. The molecule has 1 atom stereocenters. The van der Waals surface area contributed by atoms with E-state index in [9.17, 15) is 24.0 Å². The molecule has 2 heterocycles. The van der Waals surface area contributed by atoms with Crippen molar-refractivity contribution in [3.63, 3.8) is 0 Å². The molecule has 4 amide bonds. The Morgan fingerprint density at radius 2 is 1.57 bits per heavy atom. The van der Waals surface area contributed by atoms with Crippen LogP contribution in [0.5, 0.6) is 0 Å². The number of hydrogen-bond acceptors (Lipinski definition) is 8. The molecule has 0 saturated carbocycles. The van der Waals surface area contributed by atoms with Crippen molar-refractivity contribution in [3.05, 3.63) is 70.3 Å². The smallest absolute Gasteiger partial charge is 0.410 e. The molecule has 3 N–H and O–H groups in total. The van der Waals surface area contributed by atoms with Crippen LogP contribution in [0.1, 0.15) is 108 Å². The summed E-state index contributed by atoms with van der Waals surface area (Å²) in [5.41, 5.74) is 5.85. The second kappa shape index (κ2) is 28.2. The average Bonchev–Trinajstić information content (AvgIpc) is 3.62. The molecule has 2 aromatic rings. The van der Waals surface area contributed by atoms with Crippen LogP contribution in [-0.2, 0) is 50.0 Å². The fourth-order valence-electron chi connectivity index (χ4n) is 5.88. The Morgan fingerprint density at radius 1 is 0.911 bits per heavy atom. The Hall–Kier alpha value is -5.29. The molecule has 0 radical (unpaired) electrons. The number of carbonyl (C=O) groups excluding carboxylic acids is 5. The number of rotatable bonds is 16. The van der Waals surface area contributed by atoms with Crippen molar-refractivity contribution in [1.29, 1.82) is 0 Å². The zero-order valence-electron chi connectivity index (χ0n) is 35.4. The largest absolute Gasteiger partial charge is 0.530 e. The quantitative estimate of drug-likeness (QED) is 0.0846. The van der Waals surface area contributed by atoms with Crippen molar-refractivity contribution >= 4 is 30.6 Å². The Labute approximate surface area is 331 Å². The van der Waals surface area contributed by atoms with E-state index in [2.05, 4.69) is 51.0 Å². The fourth-order valence-corrected chi connectivity index (χ4v) is 5.88. The van der Waals surface area contributed by atoms with Gasteiger partial charge in [0.25, 0.3) is 0 Å². The number of benzene rings is 2. The van der Waals surface area contributed by atoms with Crippen molar-refractivity contribution in [3.8, 4) is 0 Å². The van der Waals surface area contributed by atoms with E-state index in [1.807, 2.05) is 84.6 Å². The van der Waals surface area contributed by atoms with Gasteiger partial charge in [0.2, 0.25) is 11.8 Å². The minimum Gasteiger partial charge on any atom is -0.530 e. The zero-order chi connectivity index (χ0) is 41.2. The van der Waals surface area contributed by atoms with Crippen molar-refractivity contribution in [2.75, 3.05) is 46.3 Å². The molecule has 2 aromatic carbocycles. The molecule has 1 unspecified atom stereocenters. The van der Waals surface area contributed by atoms with Crippen LogP contribution in [0.3, 0.4) is 0 Å². The fraction of sp³-hybridized carbons (Fsp3) is 0.605. The molecule has 12 nitrogen and oxygen atoms in total. The third kappa shape index (κ3) is 20.4. The van der Waals surface area contributed by atoms with Gasteiger partial charge in [-0.15, -0.1) is 0 Å². The van der Waals surface area contributed by atoms with E-state index in [0.717, 1.165) is 39.1 Å². The maximum absolute atomic E-state index is 12.4. The molecule has 320 valence electrons. The third-order valence-electron chi connectivity index (χ3n) is 8.81. The molecule has 1 fully saturated rings. The summed E-state index contributed by atoms with van der Waals surface area (Å²) in [6.45, 7) is 22.9. The van der Waals surface area contributed by atoms with E-state index in [0.29, 0.717) is 58.0 Å². The number of hydrogen-bond donors (Lipinski definition) is 3. The van der Waals surface area contributed by atoms with Crippen molar-refractivity contribution < 1.29 is 28.7 Å². The zero-order valence-corrected chi connectivity index (χ0v) is 37.8. The second-order valence-corrected chi connectivity index (χ2v) is 14.4. The first-order valence-electron chi connectivity index (χ1n) is 20.0. The molecule has 0 spiro atoms. The number of aryl methyl sites for hydroxylation is 2. The van der Waals surface area contributed by atoms with Gasteiger partial charge in [-0.25, -0.2) is 4.79 Å². The van der Waals surface area contributed by atoms with E-state index >= 15 is 0 Å². The number of piperazine rings is 1. The van der Waals surface area contributed by atoms with Crippen molar-refractivity contribution in [2.24, 2.45) is 0 Å². The molecule has 2 aliphatic rings. The number of nitrogens with zero attached hydrogens (tertiary/aromatic N) is 3. The van der Waals surface area contributed by atoms with Crippen LogP contribution < -0.4 is 16.0 Å². The van der Waals surface area contributed by atoms with Gasteiger partial charge in [-0.3, -0.25) is 19.4 Å². The Morgan fingerprint density at radius 3 is 2.18 bits per heavy atom. The first-order valence-corrected chi connectivity index (χ1v) is 20.0. The number of likely N-dealkylation sites (N-methyl/N-ethyl adjacent to an activating group) is 1. The van der Waals surface area contributed by atoms with Gasteiger partial charge in [-0.05, 0) is 95.6 Å². The first-order chi connectivity index (χ1) is 26.4. The van der Waals surface area contributed by atoms with Crippen LogP contribution in [0.4, 0.5) is 4.79 Å². The van der Waals surface area contributed by atoms with Crippen molar-refractivity contribution in [1.82, 2.24) is 30.7 Å². The van der Waals surface area contributed by atoms with Crippen molar-refractivity contribution in [2.45, 2.75) is 125 Å². The van der Waals surface area contributed by atoms with Gasteiger partial charge in [0, 0.05) is 45.7 Å². The summed E-state index contributed by atoms with van der Waals surface area (Å²) in [4.78, 5) is 63.7. The number of ether oxygens (including phenoxy) is 1. The molecule has 0 bridgehead atoms. The average molecular weight is 1020 g/mol. The molecular weight excluding hydrogens is 954 g/mol. The normalized spacial score (nSPS) is 14.0. The standard InChI is InChI=1S/C20H28N3O4.C19H29N3O2.2C2H6.Fm/c1-16-8-10-17(11-9-16)5-4-7-19(26)22-13-20(27)23-18(14-24)6-2-3-12-21-15-25;1-19(2,3)24-18(23)22-13-16-7-5-6-15(17(16)14-22)12-21-10-8-20(4)9-11-21;2*1-2;/h8-11,14,18H,2-7,12-13H2,1H3,(H,21,25)(H,22,26)(H,23,27);5-7H,8-14H2,1-4H3;2*1-2H3;/q-1;;;;. The summed E-state index contributed by atoms with van der Waals surface area (Å²) in [7, 11) is 2.18.